The number of rotatable bonds is 6. The van der Waals surface area contributed by atoms with Crippen LogP contribution in [0.2, 0.25) is 0 Å². The Balaban J connectivity index is 1.54. The van der Waals surface area contributed by atoms with Crippen molar-refractivity contribution in [1.82, 2.24) is 9.88 Å². The Hall–Kier alpha value is -2.57. The van der Waals surface area contributed by atoms with Gasteiger partial charge in [-0.1, -0.05) is 54.6 Å². The molecule has 1 aliphatic heterocycles. The number of nitrogens with zero attached hydrogens (tertiary/aromatic N) is 2. The highest BCUT2D eigenvalue weighted by molar-refractivity contribution is 7.18. The van der Waals surface area contributed by atoms with Crippen LogP contribution in [0.5, 0.6) is 0 Å². The molecule has 5 rings (SSSR count). The fourth-order valence-corrected chi connectivity index (χ4v) is 5.44. The zero-order valence-electron chi connectivity index (χ0n) is 18.3. The maximum atomic E-state index is 9.82. The highest BCUT2D eigenvalue weighted by Crippen LogP contribution is 2.36. The summed E-state index contributed by atoms with van der Waals surface area (Å²) < 4.78 is 7.94. The van der Waals surface area contributed by atoms with E-state index in [1.165, 1.54) is 4.70 Å². The second-order valence-corrected chi connectivity index (χ2v) is 9.54. The van der Waals surface area contributed by atoms with Crippen molar-refractivity contribution in [2.45, 2.75) is 31.7 Å². The van der Waals surface area contributed by atoms with Crippen molar-refractivity contribution in [2.24, 2.45) is 0 Å². The average molecular weight is 445 g/mol. The van der Waals surface area contributed by atoms with Gasteiger partial charge >= 0.3 is 0 Å². The van der Waals surface area contributed by atoms with Crippen molar-refractivity contribution in [2.75, 3.05) is 20.1 Å². The summed E-state index contributed by atoms with van der Waals surface area (Å²) >= 11 is 1.71. The van der Waals surface area contributed by atoms with Gasteiger partial charge in [-0.25, -0.2) is 4.98 Å². The van der Waals surface area contributed by atoms with Gasteiger partial charge in [-0.3, -0.25) is 0 Å². The zero-order valence-corrected chi connectivity index (χ0v) is 19.1. The molecule has 1 aromatic heterocycles. The molecule has 32 heavy (non-hydrogen) atoms. The standard InChI is InChI=1S/C27H28N2O2S/c1-29-15-13-22(14-16-29)31-26(27-28-24-11-4-5-12-25(24)32-27)20-9-6-8-19(17-20)23-10-3-2-7-21(23)18-30/h2-12,17,22,26,30H,13-16,18H2,1H3. The summed E-state index contributed by atoms with van der Waals surface area (Å²) in [6.45, 7) is 2.14. The first-order valence-electron chi connectivity index (χ1n) is 11.2. The van der Waals surface area contributed by atoms with Crippen LogP contribution in [0.15, 0.2) is 72.8 Å². The van der Waals surface area contributed by atoms with Gasteiger partial charge in [0.2, 0.25) is 0 Å². The molecule has 1 fully saturated rings. The maximum Gasteiger partial charge on any atom is 0.134 e. The van der Waals surface area contributed by atoms with Crippen molar-refractivity contribution in [3.05, 3.63) is 88.9 Å². The minimum Gasteiger partial charge on any atom is -0.392 e. The van der Waals surface area contributed by atoms with Crippen LogP contribution >= 0.6 is 11.3 Å². The van der Waals surface area contributed by atoms with E-state index in [4.69, 9.17) is 9.72 Å². The van der Waals surface area contributed by atoms with Crippen LogP contribution in [0.3, 0.4) is 0 Å². The lowest BCUT2D eigenvalue weighted by Crippen LogP contribution is -2.35. The number of aromatic nitrogens is 1. The summed E-state index contributed by atoms with van der Waals surface area (Å²) in [5, 5.41) is 10.8. The Bertz CT molecular complexity index is 1160. The number of piperidine rings is 1. The molecule has 1 N–H and O–H groups in total. The van der Waals surface area contributed by atoms with Crippen LogP contribution in [0.25, 0.3) is 21.3 Å². The third-order valence-electron chi connectivity index (χ3n) is 6.22. The van der Waals surface area contributed by atoms with Crippen LogP contribution in [-0.4, -0.2) is 41.2 Å². The monoisotopic (exact) mass is 444 g/mol. The Morgan fingerprint density at radius 1 is 1.03 bits per heavy atom. The normalized spacial score (nSPS) is 16.4. The lowest BCUT2D eigenvalue weighted by atomic mass is 9.97. The Labute approximate surface area is 193 Å². The van der Waals surface area contributed by atoms with Gasteiger partial charge in [0.25, 0.3) is 0 Å². The number of aliphatic hydroxyl groups is 1. The van der Waals surface area contributed by atoms with E-state index in [1.54, 1.807) is 11.3 Å². The van der Waals surface area contributed by atoms with Crippen LogP contribution in [0.1, 0.15) is 35.1 Å². The number of hydrogen-bond donors (Lipinski definition) is 1. The molecule has 0 saturated carbocycles. The molecule has 4 aromatic rings. The van der Waals surface area contributed by atoms with Gasteiger partial charge < -0.3 is 14.7 Å². The van der Waals surface area contributed by atoms with E-state index in [2.05, 4.69) is 60.5 Å². The topological polar surface area (TPSA) is 45.6 Å². The molecule has 2 heterocycles. The number of ether oxygens (including phenoxy) is 1. The number of likely N-dealkylation sites (tertiary alicyclic amines) is 1. The number of hydrogen-bond acceptors (Lipinski definition) is 5. The fraction of sp³-hybridized carbons (Fsp3) is 0.296. The minimum absolute atomic E-state index is 0.0216. The molecule has 1 aliphatic rings. The van der Waals surface area contributed by atoms with Crippen LogP contribution < -0.4 is 0 Å². The van der Waals surface area contributed by atoms with Crippen LogP contribution in [-0.2, 0) is 11.3 Å². The average Bonchev–Trinajstić information content (AvgIpc) is 3.27. The molecule has 3 aromatic carbocycles. The molecule has 0 aliphatic carbocycles. The van der Waals surface area contributed by atoms with E-state index < -0.39 is 0 Å². The summed E-state index contributed by atoms with van der Waals surface area (Å²) in [5.41, 5.74) is 5.20. The molecule has 164 valence electrons. The maximum absolute atomic E-state index is 9.82. The van der Waals surface area contributed by atoms with Crippen molar-refractivity contribution < 1.29 is 9.84 Å². The van der Waals surface area contributed by atoms with Crippen LogP contribution in [0, 0.1) is 0 Å². The highest BCUT2D eigenvalue weighted by Gasteiger charge is 2.26. The smallest absolute Gasteiger partial charge is 0.134 e. The summed E-state index contributed by atoms with van der Waals surface area (Å²) in [5.74, 6) is 0. The zero-order chi connectivity index (χ0) is 21.9. The van der Waals surface area contributed by atoms with Crippen molar-refractivity contribution in [3.8, 4) is 11.1 Å². The summed E-state index contributed by atoms with van der Waals surface area (Å²) in [7, 11) is 2.17. The van der Waals surface area contributed by atoms with Gasteiger partial charge in [-0.15, -0.1) is 11.3 Å². The predicted molar refractivity (Wildman–Crippen MR) is 131 cm³/mol. The van der Waals surface area contributed by atoms with Gasteiger partial charge in [-0.2, -0.15) is 0 Å². The SMILES string of the molecule is CN1CCC(OC(c2cccc(-c3ccccc3CO)c2)c2nc3ccccc3s2)CC1. The summed E-state index contributed by atoms with van der Waals surface area (Å²) in [4.78, 5) is 7.31. The number of thiazole rings is 1. The first-order valence-corrected chi connectivity index (χ1v) is 12.0. The lowest BCUT2D eigenvalue weighted by Gasteiger charge is -2.31. The molecule has 1 saturated heterocycles. The van der Waals surface area contributed by atoms with E-state index in [1.807, 2.05) is 24.3 Å². The van der Waals surface area contributed by atoms with Crippen molar-refractivity contribution >= 4 is 21.6 Å². The van der Waals surface area contributed by atoms with Crippen molar-refractivity contribution in [1.29, 1.82) is 0 Å². The molecule has 0 amide bonds. The third-order valence-corrected chi connectivity index (χ3v) is 7.30. The van der Waals surface area contributed by atoms with E-state index in [9.17, 15) is 5.11 Å². The Kier molecular flexibility index (Phi) is 6.32. The van der Waals surface area contributed by atoms with E-state index >= 15 is 0 Å². The summed E-state index contributed by atoms with van der Waals surface area (Å²) in [6.07, 6.45) is 2.08. The quantitative estimate of drug-likeness (QED) is 0.417. The first kappa shape index (κ1) is 21.3. The molecule has 1 atom stereocenters. The molecule has 0 radical (unpaired) electrons. The van der Waals surface area contributed by atoms with Gasteiger partial charge in [-0.05, 0) is 60.3 Å². The molecule has 0 spiro atoms. The second kappa shape index (κ2) is 9.51. The molecular formula is C27H28N2O2S. The van der Waals surface area contributed by atoms with Crippen LogP contribution in [0.4, 0.5) is 0 Å². The number of benzene rings is 3. The molecule has 1 unspecified atom stereocenters. The predicted octanol–water partition coefficient (Wildman–Crippen LogP) is 5.66. The molecular weight excluding hydrogens is 416 g/mol. The third kappa shape index (κ3) is 4.48. The van der Waals surface area contributed by atoms with Crippen molar-refractivity contribution in [3.63, 3.8) is 0 Å². The number of fused-ring (bicyclic) bond motifs is 1. The van der Waals surface area contributed by atoms with Gasteiger partial charge in [0, 0.05) is 13.1 Å². The second-order valence-electron chi connectivity index (χ2n) is 8.48. The van der Waals surface area contributed by atoms with Gasteiger partial charge in [0.1, 0.15) is 11.1 Å². The summed E-state index contributed by atoms with van der Waals surface area (Å²) in [6, 6.07) is 24.8. The Morgan fingerprint density at radius 3 is 2.62 bits per heavy atom. The fourth-order valence-electron chi connectivity index (χ4n) is 4.40. The van der Waals surface area contributed by atoms with E-state index in [0.29, 0.717) is 0 Å². The molecule has 5 heteroatoms. The lowest BCUT2D eigenvalue weighted by molar-refractivity contribution is -0.0234. The Morgan fingerprint density at radius 2 is 1.81 bits per heavy atom. The first-order chi connectivity index (χ1) is 15.7. The van der Waals surface area contributed by atoms with E-state index in [-0.39, 0.29) is 18.8 Å². The molecule has 0 bridgehead atoms. The van der Waals surface area contributed by atoms with Gasteiger partial charge in [0.15, 0.2) is 0 Å². The number of aliphatic hydroxyl groups excluding tert-OH is 1. The molecule has 4 nitrogen and oxygen atoms in total. The van der Waals surface area contributed by atoms with E-state index in [0.717, 1.165) is 58.7 Å². The largest absolute Gasteiger partial charge is 0.392 e. The minimum atomic E-state index is -0.206. The highest BCUT2D eigenvalue weighted by atomic mass is 32.1. The van der Waals surface area contributed by atoms with Gasteiger partial charge in [0.05, 0.1) is 22.9 Å². The number of para-hydroxylation sites is 1.